The first-order valence-electron chi connectivity index (χ1n) is 7.99. The molecule has 1 fully saturated rings. The highest BCUT2D eigenvalue weighted by molar-refractivity contribution is 7.99. The smallest absolute Gasteiger partial charge is 0.192 e. The van der Waals surface area contributed by atoms with Gasteiger partial charge in [-0.1, -0.05) is 11.8 Å². The SMILES string of the molecule is O=C(CSc1nnc(-c2ccncc2)n1C1CC1)c1ccc(F)cc1. The van der Waals surface area contributed by atoms with E-state index >= 15 is 0 Å². The third-order valence-corrected chi connectivity index (χ3v) is 4.96. The molecule has 25 heavy (non-hydrogen) atoms. The number of hydrogen-bond acceptors (Lipinski definition) is 5. The molecule has 0 bridgehead atoms. The molecule has 2 aromatic heterocycles. The predicted octanol–water partition coefficient (Wildman–Crippen LogP) is 3.79. The van der Waals surface area contributed by atoms with E-state index in [1.165, 1.54) is 36.0 Å². The van der Waals surface area contributed by atoms with Crippen molar-refractivity contribution in [2.75, 3.05) is 5.75 Å². The van der Waals surface area contributed by atoms with E-state index in [2.05, 4.69) is 19.7 Å². The van der Waals surface area contributed by atoms with Gasteiger partial charge in [0.15, 0.2) is 16.8 Å². The predicted molar refractivity (Wildman–Crippen MR) is 93.0 cm³/mol. The second-order valence-corrected chi connectivity index (χ2v) is 6.80. The summed E-state index contributed by atoms with van der Waals surface area (Å²) in [7, 11) is 0. The minimum absolute atomic E-state index is 0.0548. The van der Waals surface area contributed by atoms with Gasteiger partial charge in [-0.05, 0) is 49.2 Å². The monoisotopic (exact) mass is 354 g/mol. The molecule has 1 aliphatic carbocycles. The molecule has 0 atom stereocenters. The molecule has 1 aromatic carbocycles. The Bertz CT molecular complexity index is 891. The summed E-state index contributed by atoms with van der Waals surface area (Å²) in [5.41, 5.74) is 1.46. The fourth-order valence-electron chi connectivity index (χ4n) is 2.58. The Morgan fingerprint density at radius 1 is 1.12 bits per heavy atom. The highest BCUT2D eigenvalue weighted by Gasteiger charge is 2.30. The van der Waals surface area contributed by atoms with E-state index in [4.69, 9.17) is 0 Å². The molecule has 0 saturated heterocycles. The second kappa shape index (κ2) is 6.76. The van der Waals surface area contributed by atoms with Crippen molar-refractivity contribution in [2.24, 2.45) is 0 Å². The maximum Gasteiger partial charge on any atom is 0.192 e. The lowest BCUT2D eigenvalue weighted by Crippen LogP contribution is -2.05. The van der Waals surface area contributed by atoms with Gasteiger partial charge < -0.3 is 0 Å². The van der Waals surface area contributed by atoms with Gasteiger partial charge in [-0.2, -0.15) is 0 Å². The molecule has 3 aromatic rings. The summed E-state index contributed by atoms with van der Waals surface area (Å²) < 4.78 is 15.1. The average Bonchev–Trinajstić information content (AvgIpc) is 3.40. The Morgan fingerprint density at radius 2 is 1.84 bits per heavy atom. The lowest BCUT2D eigenvalue weighted by molar-refractivity contribution is 0.102. The maximum absolute atomic E-state index is 13.0. The number of thioether (sulfide) groups is 1. The Labute approximate surface area is 148 Å². The minimum Gasteiger partial charge on any atom is -0.299 e. The van der Waals surface area contributed by atoms with Gasteiger partial charge in [0.1, 0.15) is 5.82 Å². The Hall–Kier alpha value is -2.54. The summed E-state index contributed by atoms with van der Waals surface area (Å²) in [6.07, 6.45) is 5.64. The number of Topliss-reactive ketones (excluding diaryl/α,β-unsaturated/α-hetero) is 1. The van der Waals surface area contributed by atoms with E-state index in [0.717, 1.165) is 29.4 Å². The number of ketones is 1. The van der Waals surface area contributed by atoms with Crippen LogP contribution in [0.15, 0.2) is 53.9 Å². The van der Waals surface area contributed by atoms with Gasteiger partial charge in [0, 0.05) is 29.6 Å². The number of benzene rings is 1. The molecule has 7 heteroatoms. The van der Waals surface area contributed by atoms with E-state index in [9.17, 15) is 9.18 Å². The van der Waals surface area contributed by atoms with Crippen LogP contribution in [0.3, 0.4) is 0 Å². The molecular formula is C18H15FN4OS. The Balaban J connectivity index is 1.54. The third-order valence-electron chi connectivity index (χ3n) is 4.01. The van der Waals surface area contributed by atoms with Crippen molar-refractivity contribution in [1.82, 2.24) is 19.7 Å². The second-order valence-electron chi connectivity index (χ2n) is 5.86. The summed E-state index contributed by atoms with van der Waals surface area (Å²) in [6.45, 7) is 0. The van der Waals surface area contributed by atoms with Gasteiger partial charge in [0.2, 0.25) is 0 Å². The first-order valence-corrected chi connectivity index (χ1v) is 8.98. The molecule has 0 aliphatic heterocycles. The van der Waals surface area contributed by atoms with E-state index < -0.39 is 0 Å². The normalized spacial score (nSPS) is 13.8. The van der Waals surface area contributed by atoms with Gasteiger partial charge in [-0.3, -0.25) is 14.3 Å². The lowest BCUT2D eigenvalue weighted by Gasteiger charge is -2.08. The average molecular weight is 354 g/mol. The first-order chi connectivity index (χ1) is 12.2. The fourth-order valence-corrected chi connectivity index (χ4v) is 3.48. The fraction of sp³-hybridized carbons (Fsp3) is 0.222. The highest BCUT2D eigenvalue weighted by atomic mass is 32.2. The number of carbonyl (C=O) groups excluding carboxylic acids is 1. The van der Waals surface area contributed by atoms with Gasteiger partial charge in [0.25, 0.3) is 0 Å². The van der Waals surface area contributed by atoms with Crippen LogP contribution >= 0.6 is 11.8 Å². The van der Waals surface area contributed by atoms with Crippen LogP contribution < -0.4 is 0 Å². The summed E-state index contributed by atoms with van der Waals surface area (Å²) in [6, 6.07) is 9.81. The van der Waals surface area contributed by atoms with Crippen LogP contribution in [0.1, 0.15) is 29.2 Å². The van der Waals surface area contributed by atoms with Gasteiger partial charge >= 0.3 is 0 Å². The lowest BCUT2D eigenvalue weighted by atomic mass is 10.1. The maximum atomic E-state index is 13.0. The van der Waals surface area contributed by atoms with Crippen LogP contribution in [0, 0.1) is 5.82 Å². The van der Waals surface area contributed by atoms with Crippen molar-refractivity contribution in [3.8, 4) is 11.4 Å². The number of aromatic nitrogens is 4. The largest absolute Gasteiger partial charge is 0.299 e. The molecule has 0 N–H and O–H groups in total. The van der Waals surface area contributed by atoms with Crippen molar-refractivity contribution in [1.29, 1.82) is 0 Å². The van der Waals surface area contributed by atoms with Crippen molar-refractivity contribution < 1.29 is 9.18 Å². The number of halogens is 1. The van der Waals surface area contributed by atoms with Gasteiger partial charge in [-0.25, -0.2) is 4.39 Å². The molecule has 0 amide bonds. The molecule has 0 spiro atoms. The highest BCUT2D eigenvalue weighted by Crippen LogP contribution is 2.41. The molecule has 4 rings (SSSR count). The van der Waals surface area contributed by atoms with Crippen molar-refractivity contribution in [2.45, 2.75) is 24.0 Å². The molecule has 0 radical (unpaired) electrons. The summed E-state index contributed by atoms with van der Waals surface area (Å²) in [5.74, 6) is 0.648. The number of rotatable bonds is 6. The van der Waals surface area contributed by atoms with Gasteiger partial charge in [-0.15, -0.1) is 10.2 Å². The molecule has 1 aliphatic rings. The number of pyridine rings is 1. The molecule has 5 nitrogen and oxygen atoms in total. The van der Waals surface area contributed by atoms with Gasteiger partial charge in [0.05, 0.1) is 5.75 Å². The first kappa shape index (κ1) is 16.0. The zero-order valence-electron chi connectivity index (χ0n) is 13.3. The zero-order chi connectivity index (χ0) is 17.2. The van der Waals surface area contributed by atoms with E-state index in [1.54, 1.807) is 12.4 Å². The van der Waals surface area contributed by atoms with Crippen LogP contribution in [0.5, 0.6) is 0 Å². The summed E-state index contributed by atoms with van der Waals surface area (Å²) >= 11 is 1.37. The van der Waals surface area contributed by atoms with Crippen LogP contribution in [-0.2, 0) is 0 Å². The standard InChI is InChI=1S/C18H15FN4OS/c19-14-3-1-12(2-4-14)16(24)11-25-18-22-21-17(23(18)15-5-6-15)13-7-9-20-10-8-13/h1-4,7-10,15H,5-6,11H2. The van der Waals surface area contributed by atoms with E-state index in [0.29, 0.717) is 11.6 Å². The third kappa shape index (κ3) is 3.46. The van der Waals surface area contributed by atoms with Crippen LogP contribution in [0.4, 0.5) is 4.39 Å². The zero-order valence-corrected chi connectivity index (χ0v) is 14.1. The number of carbonyl (C=O) groups is 1. The van der Waals surface area contributed by atoms with E-state index in [-0.39, 0.29) is 17.4 Å². The van der Waals surface area contributed by atoms with Crippen LogP contribution in [0.25, 0.3) is 11.4 Å². The quantitative estimate of drug-likeness (QED) is 0.498. The van der Waals surface area contributed by atoms with Crippen LogP contribution in [-0.4, -0.2) is 31.3 Å². The minimum atomic E-state index is -0.348. The van der Waals surface area contributed by atoms with Crippen LogP contribution in [0.2, 0.25) is 0 Å². The Kier molecular flexibility index (Phi) is 4.31. The Morgan fingerprint density at radius 3 is 2.52 bits per heavy atom. The van der Waals surface area contributed by atoms with Crippen molar-refractivity contribution in [3.63, 3.8) is 0 Å². The number of hydrogen-bond donors (Lipinski definition) is 0. The molecule has 1 saturated carbocycles. The number of nitrogens with zero attached hydrogens (tertiary/aromatic N) is 4. The topological polar surface area (TPSA) is 60.7 Å². The summed E-state index contributed by atoms with van der Waals surface area (Å²) in [4.78, 5) is 16.3. The molecule has 2 heterocycles. The summed E-state index contributed by atoms with van der Waals surface area (Å²) in [5, 5.41) is 9.33. The molecular weight excluding hydrogens is 339 g/mol. The molecule has 126 valence electrons. The van der Waals surface area contributed by atoms with Crippen molar-refractivity contribution >= 4 is 17.5 Å². The van der Waals surface area contributed by atoms with E-state index in [1.807, 2.05) is 12.1 Å². The van der Waals surface area contributed by atoms with Crippen molar-refractivity contribution in [3.05, 3.63) is 60.2 Å². The molecule has 0 unspecified atom stereocenters.